The predicted molar refractivity (Wildman–Crippen MR) is 144 cm³/mol. The van der Waals surface area contributed by atoms with Crippen LogP contribution in [0.4, 0.5) is 34.1 Å². The van der Waals surface area contributed by atoms with Crippen molar-refractivity contribution < 1.29 is 38.4 Å². The molecule has 16 nitrogen and oxygen atoms in total. The molecule has 2 rings (SSSR count). The lowest BCUT2D eigenvalue weighted by atomic mass is 10.2. The Hall–Kier alpha value is -4.67. The van der Waals surface area contributed by atoms with Gasteiger partial charge in [-0.3, -0.25) is 39.5 Å². The van der Waals surface area contributed by atoms with Crippen LogP contribution in [-0.4, -0.2) is 47.3 Å². The Labute approximate surface area is 235 Å². The summed E-state index contributed by atoms with van der Waals surface area (Å²) in [6.45, 7) is 6.67. The Kier molecular flexibility index (Phi) is 10.6. The summed E-state index contributed by atoms with van der Waals surface area (Å²) < 4.78 is 16.0. The Balaban J connectivity index is 2.76. The highest BCUT2D eigenvalue weighted by Gasteiger charge is 2.29. The van der Waals surface area contributed by atoms with Gasteiger partial charge in [0.2, 0.25) is 5.91 Å². The molecule has 2 aromatic carbocycles. The third-order valence-corrected chi connectivity index (χ3v) is 5.64. The van der Waals surface area contributed by atoms with Gasteiger partial charge in [0.1, 0.15) is 11.4 Å². The predicted octanol–water partition coefficient (Wildman–Crippen LogP) is 5.27. The van der Waals surface area contributed by atoms with E-state index in [4.69, 9.17) is 14.2 Å². The quantitative estimate of drug-likeness (QED) is 0.112. The number of azo groups is 1. The van der Waals surface area contributed by atoms with Crippen LogP contribution in [0.1, 0.15) is 34.6 Å². The molecule has 0 fully saturated rings. The average Bonchev–Trinajstić information content (AvgIpc) is 2.82. The van der Waals surface area contributed by atoms with E-state index in [0.717, 1.165) is 12.1 Å². The first-order valence-electron chi connectivity index (χ1n) is 11.3. The zero-order chi connectivity index (χ0) is 30.3. The number of amides is 1. The highest BCUT2D eigenvalue weighted by Crippen LogP contribution is 2.43. The van der Waals surface area contributed by atoms with Gasteiger partial charge in [-0.1, -0.05) is 0 Å². The van der Waals surface area contributed by atoms with Crippen LogP contribution in [0.15, 0.2) is 39.0 Å². The van der Waals surface area contributed by atoms with Crippen molar-refractivity contribution in [2.24, 2.45) is 10.2 Å². The number of carbonyl (C=O) groups is 3. The van der Waals surface area contributed by atoms with Crippen molar-refractivity contribution in [3.63, 3.8) is 0 Å². The van der Waals surface area contributed by atoms with E-state index in [1.807, 2.05) is 0 Å². The van der Waals surface area contributed by atoms with Gasteiger partial charge in [-0.25, -0.2) is 0 Å². The molecule has 0 bridgehead atoms. The van der Waals surface area contributed by atoms with Crippen LogP contribution in [0, 0.1) is 20.2 Å². The largest absolute Gasteiger partial charge is 0.494 e. The molecule has 2 aromatic rings. The number of anilines is 2. The lowest BCUT2D eigenvalue weighted by molar-refractivity contribution is -0.393. The molecule has 40 heavy (non-hydrogen) atoms. The molecule has 0 spiro atoms. The van der Waals surface area contributed by atoms with E-state index < -0.39 is 51.5 Å². The van der Waals surface area contributed by atoms with Gasteiger partial charge in [0.25, 0.3) is 5.69 Å². The van der Waals surface area contributed by atoms with Crippen LogP contribution in [-0.2, 0) is 23.9 Å². The average molecular weight is 625 g/mol. The number of halogens is 1. The van der Waals surface area contributed by atoms with Crippen LogP contribution in [0.2, 0.25) is 0 Å². The van der Waals surface area contributed by atoms with Gasteiger partial charge in [0, 0.05) is 32.9 Å². The first-order chi connectivity index (χ1) is 18.7. The summed E-state index contributed by atoms with van der Waals surface area (Å²) in [4.78, 5) is 57.8. The van der Waals surface area contributed by atoms with Crippen LogP contribution < -0.4 is 15.0 Å². The number of hydrogen-bond donors (Lipinski definition) is 1. The summed E-state index contributed by atoms with van der Waals surface area (Å²) in [5.74, 6) is -1.63. The van der Waals surface area contributed by atoms with E-state index in [2.05, 4.69) is 31.5 Å². The van der Waals surface area contributed by atoms with Gasteiger partial charge in [0.15, 0.2) is 18.1 Å². The number of nitrogens with one attached hydrogen (secondary N) is 1. The maximum Gasteiger partial charge on any atom is 0.304 e. The van der Waals surface area contributed by atoms with Crippen molar-refractivity contribution in [1.82, 2.24) is 0 Å². The molecule has 2 atom stereocenters. The van der Waals surface area contributed by atoms with Crippen molar-refractivity contribution in [1.29, 1.82) is 0 Å². The summed E-state index contributed by atoms with van der Waals surface area (Å²) in [5.41, 5.74) is -1.29. The highest BCUT2D eigenvalue weighted by atomic mass is 79.9. The highest BCUT2D eigenvalue weighted by molar-refractivity contribution is 9.10. The van der Waals surface area contributed by atoms with E-state index in [0.29, 0.717) is 0 Å². The van der Waals surface area contributed by atoms with Crippen molar-refractivity contribution in [2.45, 2.75) is 47.1 Å². The minimum atomic E-state index is -0.975. The zero-order valence-electron chi connectivity index (χ0n) is 22.2. The standard InChI is InChI=1S/C23H25BrN6O10/c1-11(31)25-18-9-20(28(12(2)39-14(4)32)13(3)40-15(5)33)22(38-6)10-19(18)26-27-23-17(24)7-16(29(34)35)8-21(23)30(36)37/h7-10,12-13H,1-6H3,(H,25,31). The van der Waals surface area contributed by atoms with Crippen LogP contribution >= 0.6 is 15.9 Å². The number of nitro groups is 2. The molecule has 0 saturated carbocycles. The first-order valence-corrected chi connectivity index (χ1v) is 12.1. The van der Waals surface area contributed by atoms with Crippen LogP contribution in [0.5, 0.6) is 5.75 Å². The Bertz CT molecular complexity index is 1360. The van der Waals surface area contributed by atoms with Crippen LogP contribution in [0.3, 0.4) is 0 Å². The molecule has 0 aliphatic heterocycles. The molecular formula is C23H25BrN6O10. The zero-order valence-corrected chi connectivity index (χ0v) is 23.7. The molecule has 0 radical (unpaired) electrons. The fraction of sp³-hybridized carbons (Fsp3) is 0.348. The number of ether oxygens (including phenoxy) is 3. The van der Waals surface area contributed by atoms with Gasteiger partial charge >= 0.3 is 17.6 Å². The number of methoxy groups -OCH3 is 1. The van der Waals surface area contributed by atoms with Gasteiger partial charge in [0.05, 0.1) is 38.9 Å². The fourth-order valence-electron chi connectivity index (χ4n) is 3.59. The number of non-ortho nitro benzene ring substituents is 1. The number of rotatable bonds is 11. The minimum Gasteiger partial charge on any atom is -0.494 e. The Morgan fingerprint density at radius 3 is 1.98 bits per heavy atom. The van der Waals surface area contributed by atoms with Gasteiger partial charge in [-0.2, -0.15) is 0 Å². The van der Waals surface area contributed by atoms with Crippen molar-refractivity contribution >= 4 is 67.9 Å². The summed E-state index contributed by atoms with van der Waals surface area (Å²) in [6.07, 6.45) is -1.95. The van der Waals surface area contributed by atoms with Crippen molar-refractivity contribution in [3.8, 4) is 5.75 Å². The SMILES string of the molecule is COc1cc(N=Nc2c(Br)cc([N+](=O)[O-])cc2[N+](=O)[O-])c(NC(C)=O)cc1N(C(C)OC(C)=O)C(C)OC(C)=O. The van der Waals surface area contributed by atoms with E-state index in [-0.39, 0.29) is 33.0 Å². The molecule has 1 amide bonds. The number of nitrogens with zero attached hydrogens (tertiary/aromatic N) is 5. The summed E-state index contributed by atoms with van der Waals surface area (Å²) >= 11 is 3.05. The minimum absolute atomic E-state index is 0.0180. The molecule has 0 aliphatic rings. The number of esters is 2. The van der Waals surface area contributed by atoms with Gasteiger partial charge in [-0.15, -0.1) is 10.2 Å². The van der Waals surface area contributed by atoms with E-state index in [9.17, 15) is 34.6 Å². The monoisotopic (exact) mass is 624 g/mol. The normalized spacial score (nSPS) is 12.3. The number of nitro benzene ring substituents is 2. The number of carbonyl (C=O) groups excluding carboxylic acids is 3. The number of benzene rings is 2. The van der Waals surface area contributed by atoms with Crippen molar-refractivity contribution in [3.05, 3.63) is 49.0 Å². The summed E-state index contributed by atoms with van der Waals surface area (Å²) in [6, 6.07) is 4.50. The lowest BCUT2D eigenvalue weighted by Crippen LogP contribution is -2.45. The maximum atomic E-state index is 12.0. The molecule has 0 heterocycles. The second-order valence-corrected chi connectivity index (χ2v) is 8.91. The summed E-state index contributed by atoms with van der Waals surface area (Å²) in [5, 5.41) is 33.2. The molecule has 0 aliphatic carbocycles. The second-order valence-electron chi connectivity index (χ2n) is 8.06. The van der Waals surface area contributed by atoms with Gasteiger partial charge < -0.3 is 19.5 Å². The van der Waals surface area contributed by atoms with E-state index in [1.165, 1.54) is 58.8 Å². The number of hydrogen-bond acceptors (Lipinski definition) is 13. The Morgan fingerprint density at radius 1 is 0.950 bits per heavy atom. The Morgan fingerprint density at radius 2 is 1.52 bits per heavy atom. The van der Waals surface area contributed by atoms with E-state index in [1.54, 1.807) is 0 Å². The van der Waals surface area contributed by atoms with Crippen molar-refractivity contribution in [2.75, 3.05) is 17.3 Å². The fourth-order valence-corrected chi connectivity index (χ4v) is 4.11. The first kappa shape index (κ1) is 31.5. The third kappa shape index (κ3) is 7.92. The van der Waals surface area contributed by atoms with Crippen LogP contribution in [0.25, 0.3) is 0 Å². The third-order valence-electron chi connectivity index (χ3n) is 5.04. The smallest absolute Gasteiger partial charge is 0.304 e. The molecule has 17 heteroatoms. The second kappa shape index (κ2) is 13.4. The summed E-state index contributed by atoms with van der Waals surface area (Å²) in [7, 11) is 1.32. The molecule has 0 aromatic heterocycles. The molecule has 1 N–H and O–H groups in total. The molecule has 0 saturated heterocycles. The molecular weight excluding hydrogens is 600 g/mol. The lowest BCUT2D eigenvalue weighted by Gasteiger charge is -2.35. The molecule has 2 unspecified atom stereocenters. The van der Waals surface area contributed by atoms with Gasteiger partial charge in [-0.05, 0) is 35.8 Å². The molecule has 214 valence electrons. The topological polar surface area (TPSA) is 205 Å². The maximum absolute atomic E-state index is 12.0. The van der Waals surface area contributed by atoms with E-state index >= 15 is 0 Å².